The molecule has 0 atom stereocenters. The minimum absolute atomic E-state index is 0.281. The molecule has 3 heterocycles. The standard InChI is InChI=1S/C18H17N5O2/c1-25-13-3-4-14-12(6-13)7-16(20-14)22-18(24)15-10-23-9-11(8-19)2-5-17(23)21-15/h2-7,9-10,20H,8,19H2,1H3,(H,22,24). The third-order valence-corrected chi connectivity index (χ3v) is 4.06. The number of fused-ring (bicyclic) bond motifs is 2. The SMILES string of the molecule is COc1ccc2[nH]c(NC(=O)c3cn4cc(CN)ccc4n3)cc2c1. The Labute approximate surface area is 143 Å². The lowest BCUT2D eigenvalue weighted by atomic mass is 10.2. The van der Waals surface area contributed by atoms with Crippen LogP contribution in [-0.2, 0) is 6.54 Å². The number of hydrogen-bond donors (Lipinski definition) is 3. The van der Waals surface area contributed by atoms with Crippen molar-refractivity contribution in [3.63, 3.8) is 0 Å². The molecule has 3 aromatic heterocycles. The van der Waals surface area contributed by atoms with Gasteiger partial charge in [0.15, 0.2) is 0 Å². The number of ether oxygens (including phenoxy) is 1. The molecule has 0 spiro atoms. The van der Waals surface area contributed by atoms with Gasteiger partial charge in [0, 0.05) is 29.8 Å². The molecule has 25 heavy (non-hydrogen) atoms. The molecule has 7 heteroatoms. The molecule has 0 saturated carbocycles. The zero-order valence-corrected chi connectivity index (χ0v) is 13.6. The lowest BCUT2D eigenvalue weighted by Crippen LogP contribution is -2.12. The highest BCUT2D eigenvalue weighted by Crippen LogP contribution is 2.23. The van der Waals surface area contributed by atoms with E-state index in [2.05, 4.69) is 15.3 Å². The van der Waals surface area contributed by atoms with Crippen molar-refractivity contribution in [2.24, 2.45) is 5.73 Å². The van der Waals surface area contributed by atoms with Gasteiger partial charge in [-0.05, 0) is 35.9 Å². The largest absolute Gasteiger partial charge is 0.497 e. The number of aromatic amines is 1. The fourth-order valence-electron chi connectivity index (χ4n) is 2.76. The first kappa shape index (κ1) is 15.2. The van der Waals surface area contributed by atoms with Crippen molar-refractivity contribution in [1.82, 2.24) is 14.4 Å². The Morgan fingerprint density at radius 3 is 2.96 bits per heavy atom. The molecule has 1 aromatic carbocycles. The Balaban J connectivity index is 1.61. The minimum atomic E-state index is -0.281. The van der Waals surface area contributed by atoms with Gasteiger partial charge in [0.05, 0.1) is 7.11 Å². The summed E-state index contributed by atoms with van der Waals surface area (Å²) >= 11 is 0. The van der Waals surface area contributed by atoms with E-state index in [0.29, 0.717) is 23.7 Å². The van der Waals surface area contributed by atoms with Crippen molar-refractivity contribution in [3.8, 4) is 5.75 Å². The number of methoxy groups -OCH3 is 1. The van der Waals surface area contributed by atoms with Gasteiger partial charge < -0.3 is 25.2 Å². The molecule has 4 N–H and O–H groups in total. The van der Waals surface area contributed by atoms with E-state index in [1.165, 1.54) is 0 Å². The Hall–Kier alpha value is -3.32. The number of imidazole rings is 1. The number of benzene rings is 1. The van der Waals surface area contributed by atoms with E-state index in [1.54, 1.807) is 17.7 Å². The number of nitrogens with one attached hydrogen (secondary N) is 2. The molecule has 0 aliphatic heterocycles. The highest BCUT2D eigenvalue weighted by atomic mass is 16.5. The lowest BCUT2D eigenvalue weighted by molar-refractivity contribution is 0.102. The third kappa shape index (κ3) is 2.81. The number of carbonyl (C=O) groups excluding carboxylic acids is 1. The maximum atomic E-state index is 12.5. The summed E-state index contributed by atoms with van der Waals surface area (Å²) in [4.78, 5) is 20.0. The second-order valence-electron chi connectivity index (χ2n) is 5.72. The number of nitrogens with two attached hydrogens (primary N) is 1. The number of pyridine rings is 1. The minimum Gasteiger partial charge on any atom is -0.497 e. The maximum Gasteiger partial charge on any atom is 0.276 e. The average molecular weight is 335 g/mol. The van der Waals surface area contributed by atoms with Gasteiger partial charge in [0.1, 0.15) is 22.9 Å². The van der Waals surface area contributed by atoms with E-state index in [1.807, 2.05) is 42.6 Å². The lowest BCUT2D eigenvalue weighted by Gasteiger charge is -1.98. The molecule has 0 aliphatic carbocycles. The van der Waals surface area contributed by atoms with Crippen LogP contribution < -0.4 is 15.8 Å². The van der Waals surface area contributed by atoms with Gasteiger partial charge in [-0.25, -0.2) is 4.98 Å². The summed E-state index contributed by atoms with van der Waals surface area (Å²) < 4.78 is 7.01. The van der Waals surface area contributed by atoms with Gasteiger partial charge in [0.25, 0.3) is 5.91 Å². The molecule has 7 nitrogen and oxygen atoms in total. The number of amides is 1. The molecule has 4 rings (SSSR count). The summed E-state index contributed by atoms with van der Waals surface area (Å²) in [6.07, 6.45) is 3.56. The van der Waals surface area contributed by atoms with Crippen LogP contribution in [0.2, 0.25) is 0 Å². The highest BCUT2D eigenvalue weighted by molar-refractivity contribution is 6.04. The van der Waals surface area contributed by atoms with Gasteiger partial charge in [-0.3, -0.25) is 4.79 Å². The number of aromatic nitrogens is 3. The molecule has 0 fully saturated rings. The monoisotopic (exact) mass is 335 g/mol. The van der Waals surface area contributed by atoms with Crippen LogP contribution in [0, 0.1) is 0 Å². The van der Waals surface area contributed by atoms with E-state index in [-0.39, 0.29) is 5.91 Å². The summed E-state index contributed by atoms with van der Waals surface area (Å²) in [6, 6.07) is 11.3. The second kappa shape index (κ2) is 5.95. The summed E-state index contributed by atoms with van der Waals surface area (Å²) in [5, 5.41) is 3.79. The van der Waals surface area contributed by atoms with Crippen LogP contribution in [0.3, 0.4) is 0 Å². The quantitative estimate of drug-likeness (QED) is 0.534. The van der Waals surface area contributed by atoms with Gasteiger partial charge in [-0.2, -0.15) is 0 Å². The Bertz CT molecular complexity index is 1080. The van der Waals surface area contributed by atoms with E-state index in [0.717, 1.165) is 22.2 Å². The molecule has 0 unspecified atom stereocenters. The van der Waals surface area contributed by atoms with Crippen LogP contribution in [0.5, 0.6) is 5.75 Å². The van der Waals surface area contributed by atoms with Crippen molar-refractivity contribution in [2.45, 2.75) is 6.54 Å². The van der Waals surface area contributed by atoms with E-state index >= 15 is 0 Å². The van der Waals surface area contributed by atoms with Gasteiger partial charge >= 0.3 is 0 Å². The molecule has 4 aromatic rings. The zero-order valence-electron chi connectivity index (χ0n) is 13.6. The highest BCUT2D eigenvalue weighted by Gasteiger charge is 2.13. The Morgan fingerprint density at radius 1 is 1.28 bits per heavy atom. The van der Waals surface area contributed by atoms with Crippen molar-refractivity contribution in [3.05, 3.63) is 60.0 Å². The number of hydrogen-bond acceptors (Lipinski definition) is 4. The van der Waals surface area contributed by atoms with Gasteiger partial charge in [-0.15, -0.1) is 0 Å². The molecule has 0 saturated heterocycles. The Morgan fingerprint density at radius 2 is 2.16 bits per heavy atom. The molecule has 1 amide bonds. The topological polar surface area (TPSA) is 97.4 Å². The fourth-order valence-corrected chi connectivity index (χ4v) is 2.76. The van der Waals surface area contributed by atoms with Crippen LogP contribution in [-0.4, -0.2) is 27.4 Å². The molecular formula is C18H17N5O2. The van der Waals surface area contributed by atoms with Gasteiger partial charge in [0.2, 0.25) is 0 Å². The van der Waals surface area contributed by atoms with Crippen LogP contribution in [0.25, 0.3) is 16.6 Å². The first-order valence-electron chi connectivity index (χ1n) is 7.82. The number of rotatable bonds is 4. The molecule has 0 radical (unpaired) electrons. The fraction of sp³-hybridized carbons (Fsp3) is 0.111. The predicted molar refractivity (Wildman–Crippen MR) is 95.9 cm³/mol. The number of anilines is 1. The Kier molecular flexibility index (Phi) is 3.62. The smallest absolute Gasteiger partial charge is 0.276 e. The maximum absolute atomic E-state index is 12.5. The molecule has 0 aliphatic rings. The molecule has 126 valence electrons. The van der Waals surface area contributed by atoms with Crippen molar-refractivity contribution in [1.29, 1.82) is 0 Å². The number of H-pyrrole nitrogens is 1. The summed E-state index contributed by atoms with van der Waals surface area (Å²) in [6.45, 7) is 0.439. The van der Waals surface area contributed by atoms with E-state index in [4.69, 9.17) is 10.5 Å². The van der Waals surface area contributed by atoms with Crippen molar-refractivity contribution in [2.75, 3.05) is 12.4 Å². The summed E-state index contributed by atoms with van der Waals surface area (Å²) in [7, 11) is 1.62. The molecular weight excluding hydrogens is 318 g/mol. The average Bonchev–Trinajstić information content (AvgIpc) is 3.23. The summed E-state index contributed by atoms with van der Waals surface area (Å²) in [5.74, 6) is 1.09. The molecule has 0 bridgehead atoms. The van der Waals surface area contributed by atoms with Crippen LogP contribution in [0.15, 0.2) is 48.8 Å². The zero-order chi connectivity index (χ0) is 17.4. The van der Waals surface area contributed by atoms with Crippen LogP contribution >= 0.6 is 0 Å². The van der Waals surface area contributed by atoms with E-state index < -0.39 is 0 Å². The first-order valence-corrected chi connectivity index (χ1v) is 7.82. The predicted octanol–water partition coefficient (Wildman–Crippen LogP) is 2.54. The second-order valence-corrected chi connectivity index (χ2v) is 5.72. The van der Waals surface area contributed by atoms with Crippen molar-refractivity contribution < 1.29 is 9.53 Å². The van der Waals surface area contributed by atoms with Crippen molar-refractivity contribution >= 4 is 28.3 Å². The number of carbonyl (C=O) groups is 1. The van der Waals surface area contributed by atoms with E-state index in [9.17, 15) is 4.79 Å². The number of nitrogens with zero attached hydrogens (tertiary/aromatic N) is 2. The van der Waals surface area contributed by atoms with Gasteiger partial charge in [-0.1, -0.05) is 6.07 Å². The van der Waals surface area contributed by atoms with Crippen LogP contribution in [0.4, 0.5) is 5.82 Å². The third-order valence-electron chi connectivity index (χ3n) is 4.06. The normalized spacial score (nSPS) is 11.1. The first-order chi connectivity index (χ1) is 12.2. The summed E-state index contributed by atoms with van der Waals surface area (Å²) in [5.41, 5.74) is 8.57. The van der Waals surface area contributed by atoms with Crippen LogP contribution in [0.1, 0.15) is 16.1 Å².